The molecule has 0 aromatic heterocycles. The van der Waals surface area contributed by atoms with Gasteiger partial charge in [0.15, 0.2) is 5.78 Å². The van der Waals surface area contributed by atoms with Crippen LogP contribution in [0.2, 0.25) is 0 Å². The van der Waals surface area contributed by atoms with Gasteiger partial charge in [0, 0.05) is 11.0 Å². The van der Waals surface area contributed by atoms with Gasteiger partial charge in [0.25, 0.3) is 0 Å². The number of hydrogen-bond donors (Lipinski definition) is 1. The van der Waals surface area contributed by atoms with Crippen LogP contribution in [-0.2, 0) is 0 Å². The highest BCUT2D eigenvalue weighted by molar-refractivity contribution is 9.10. The van der Waals surface area contributed by atoms with Crippen molar-refractivity contribution in [1.29, 1.82) is 0 Å². The fourth-order valence-corrected chi connectivity index (χ4v) is 2.22. The van der Waals surface area contributed by atoms with Crippen molar-refractivity contribution in [1.82, 2.24) is 0 Å². The lowest BCUT2D eigenvalue weighted by atomic mass is 10.1. The third kappa shape index (κ3) is 4.15. The third-order valence-electron chi connectivity index (χ3n) is 3.06. The Kier molecular flexibility index (Phi) is 5.67. The Hall–Kier alpha value is -2.20. The number of carbonyl (C=O) groups is 1. The highest BCUT2D eigenvalue weighted by Crippen LogP contribution is 2.12. The van der Waals surface area contributed by atoms with E-state index in [4.69, 9.17) is 0 Å². The topological polar surface area (TPSA) is 46.2 Å². The molecular formula is C18H16BrNO2. The second-order valence-electron chi connectivity index (χ2n) is 4.65. The molecular weight excluding hydrogens is 342 g/mol. The molecule has 3 nitrogen and oxygen atoms in total. The van der Waals surface area contributed by atoms with Gasteiger partial charge in [0.05, 0.1) is 11.3 Å². The zero-order chi connectivity index (χ0) is 15.9. The van der Waals surface area contributed by atoms with Gasteiger partial charge in [-0.25, -0.2) is 0 Å². The Bertz CT molecular complexity index is 752. The van der Waals surface area contributed by atoms with Crippen LogP contribution < -0.4 is 10.7 Å². The number of rotatable bonds is 5. The minimum absolute atomic E-state index is 0.161. The summed E-state index contributed by atoms with van der Waals surface area (Å²) in [4.78, 5) is 24.6. The fourth-order valence-electron chi connectivity index (χ4n) is 1.96. The lowest BCUT2D eigenvalue weighted by Crippen LogP contribution is -2.15. The standard InChI is InChI=1S/C18H16BrNO2/c1-2-20-16-6-4-3-5-15(18(16)22)17(21)12-9-13-7-10-14(19)11-8-13/h3-12H,2H2,1H3,(H,20,22). The minimum Gasteiger partial charge on any atom is -0.382 e. The van der Waals surface area contributed by atoms with E-state index in [9.17, 15) is 9.59 Å². The normalized spacial score (nSPS) is 10.6. The molecule has 0 saturated carbocycles. The molecule has 0 spiro atoms. The van der Waals surface area contributed by atoms with Crippen LogP contribution in [0.15, 0.2) is 63.9 Å². The molecule has 1 N–H and O–H groups in total. The van der Waals surface area contributed by atoms with Crippen LogP contribution in [0.1, 0.15) is 22.8 Å². The first-order valence-corrected chi connectivity index (χ1v) is 7.76. The molecule has 0 amide bonds. The molecule has 2 rings (SSSR count). The van der Waals surface area contributed by atoms with E-state index in [-0.39, 0.29) is 16.8 Å². The summed E-state index contributed by atoms with van der Waals surface area (Å²) in [5.74, 6) is -0.303. The van der Waals surface area contributed by atoms with E-state index in [1.54, 1.807) is 30.3 Å². The average molecular weight is 358 g/mol. The quantitative estimate of drug-likeness (QED) is 0.646. The van der Waals surface area contributed by atoms with Gasteiger partial charge < -0.3 is 5.32 Å². The molecule has 0 radical (unpaired) electrons. The SMILES string of the molecule is CCNc1ccccc(C(=O)C=Cc2ccc(Br)cc2)c1=O. The van der Waals surface area contributed by atoms with Crippen molar-refractivity contribution >= 4 is 33.5 Å². The van der Waals surface area contributed by atoms with Crippen molar-refractivity contribution in [2.45, 2.75) is 6.92 Å². The first kappa shape index (κ1) is 16.2. The van der Waals surface area contributed by atoms with Gasteiger partial charge in [0.2, 0.25) is 5.43 Å². The third-order valence-corrected chi connectivity index (χ3v) is 3.58. The van der Waals surface area contributed by atoms with Crippen LogP contribution in [0, 0.1) is 0 Å². The van der Waals surface area contributed by atoms with Crippen LogP contribution >= 0.6 is 15.9 Å². The molecule has 0 fully saturated rings. The molecule has 0 aliphatic carbocycles. The smallest absolute Gasteiger partial charge is 0.212 e. The second kappa shape index (κ2) is 7.71. The summed E-state index contributed by atoms with van der Waals surface area (Å²) < 4.78 is 0.975. The Morgan fingerprint density at radius 1 is 1.14 bits per heavy atom. The molecule has 0 saturated heterocycles. The van der Waals surface area contributed by atoms with Crippen molar-refractivity contribution in [2.75, 3.05) is 11.9 Å². The zero-order valence-electron chi connectivity index (χ0n) is 12.2. The van der Waals surface area contributed by atoms with Crippen LogP contribution in [-0.4, -0.2) is 12.3 Å². The molecule has 4 heteroatoms. The maximum absolute atomic E-state index is 12.3. The Balaban J connectivity index is 2.30. The predicted octanol–water partition coefficient (Wildman–Crippen LogP) is 4.14. The van der Waals surface area contributed by atoms with Crippen molar-refractivity contribution < 1.29 is 4.79 Å². The van der Waals surface area contributed by atoms with Gasteiger partial charge in [-0.1, -0.05) is 46.3 Å². The summed E-state index contributed by atoms with van der Waals surface area (Å²) >= 11 is 3.36. The average Bonchev–Trinajstić information content (AvgIpc) is 2.69. The van der Waals surface area contributed by atoms with Gasteiger partial charge in [-0.3, -0.25) is 9.59 Å². The number of ketones is 1. The first-order valence-electron chi connectivity index (χ1n) is 6.97. The predicted molar refractivity (Wildman–Crippen MR) is 94.4 cm³/mol. The number of anilines is 1. The second-order valence-corrected chi connectivity index (χ2v) is 5.57. The molecule has 2 aromatic carbocycles. The molecule has 0 atom stereocenters. The highest BCUT2D eigenvalue weighted by atomic mass is 79.9. The summed E-state index contributed by atoms with van der Waals surface area (Å²) in [6.45, 7) is 2.53. The summed E-state index contributed by atoms with van der Waals surface area (Å²) in [7, 11) is 0. The van der Waals surface area contributed by atoms with Gasteiger partial charge in [0.1, 0.15) is 0 Å². The summed E-state index contributed by atoms with van der Waals surface area (Å²) in [6.07, 6.45) is 3.13. The van der Waals surface area contributed by atoms with Gasteiger partial charge >= 0.3 is 0 Å². The molecule has 22 heavy (non-hydrogen) atoms. The fraction of sp³-hybridized carbons (Fsp3) is 0.111. The molecule has 0 aliphatic rings. The van der Waals surface area contributed by atoms with E-state index in [2.05, 4.69) is 21.2 Å². The van der Waals surface area contributed by atoms with Crippen molar-refractivity contribution in [3.05, 3.63) is 80.4 Å². The number of halogens is 1. The number of allylic oxidation sites excluding steroid dienone is 1. The van der Waals surface area contributed by atoms with Gasteiger partial charge in [-0.2, -0.15) is 0 Å². The molecule has 0 unspecified atom stereocenters. The molecule has 2 aromatic rings. The summed E-state index contributed by atoms with van der Waals surface area (Å²) in [5, 5.41) is 2.98. The largest absolute Gasteiger partial charge is 0.382 e. The van der Waals surface area contributed by atoms with E-state index in [1.165, 1.54) is 6.08 Å². The highest BCUT2D eigenvalue weighted by Gasteiger charge is 2.08. The number of carbonyl (C=O) groups excluding carboxylic acids is 1. The van der Waals surface area contributed by atoms with Crippen LogP contribution in [0.5, 0.6) is 0 Å². The lowest BCUT2D eigenvalue weighted by molar-refractivity contribution is 0.104. The molecule has 112 valence electrons. The monoisotopic (exact) mass is 357 g/mol. The van der Waals surface area contributed by atoms with E-state index >= 15 is 0 Å². The number of benzene rings is 1. The Morgan fingerprint density at radius 3 is 2.50 bits per heavy atom. The van der Waals surface area contributed by atoms with Crippen LogP contribution in [0.4, 0.5) is 5.69 Å². The van der Waals surface area contributed by atoms with Crippen molar-refractivity contribution in [2.24, 2.45) is 0 Å². The maximum Gasteiger partial charge on any atom is 0.212 e. The van der Waals surface area contributed by atoms with Crippen molar-refractivity contribution in [3.63, 3.8) is 0 Å². The number of hydrogen-bond acceptors (Lipinski definition) is 3. The van der Waals surface area contributed by atoms with Gasteiger partial charge in [-0.15, -0.1) is 0 Å². The zero-order valence-corrected chi connectivity index (χ0v) is 13.8. The Labute approximate surface area is 137 Å². The van der Waals surface area contributed by atoms with E-state index in [1.807, 2.05) is 31.2 Å². The maximum atomic E-state index is 12.3. The number of nitrogens with one attached hydrogen (secondary N) is 1. The Morgan fingerprint density at radius 2 is 1.82 bits per heavy atom. The van der Waals surface area contributed by atoms with Crippen molar-refractivity contribution in [3.8, 4) is 0 Å². The van der Waals surface area contributed by atoms with Crippen LogP contribution in [0.3, 0.4) is 0 Å². The minimum atomic E-state index is -0.303. The first-order chi connectivity index (χ1) is 10.6. The van der Waals surface area contributed by atoms with Crippen LogP contribution in [0.25, 0.3) is 6.08 Å². The van der Waals surface area contributed by atoms with E-state index < -0.39 is 0 Å². The van der Waals surface area contributed by atoms with Gasteiger partial charge in [-0.05, 0) is 42.8 Å². The summed E-state index contributed by atoms with van der Waals surface area (Å²) in [5.41, 5.74) is 1.22. The molecule has 0 bridgehead atoms. The van der Waals surface area contributed by atoms with E-state index in [0.717, 1.165) is 10.0 Å². The summed E-state index contributed by atoms with van der Waals surface area (Å²) in [6, 6.07) is 14.3. The van der Waals surface area contributed by atoms with E-state index in [0.29, 0.717) is 12.2 Å². The molecule has 0 heterocycles. The molecule has 0 aliphatic heterocycles. The lowest BCUT2D eigenvalue weighted by Gasteiger charge is -1.99.